The van der Waals surface area contributed by atoms with Crippen molar-refractivity contribution in [3.8, 4) is 0 Å². The number of nitrogens with one attached hydrogen (secondary N) is 1. The summed E-state index contributed by atoms with van der Waals surface area (Å²) >= 11 is 0. The van der Waals surface area contributed by atoms with Crippen LogP contribution in [-0.2, 0) is 12.7 Å². The van der Waals surface area contributed by atoms with Crippen molar-refractivity contribution < 1.29 is 18.1 Å². The molecule has 0 atom stereocenters. The number of nitrogens with two attached hydrogens (primary N) is 1. The van der Waals surface area contributed by atoms with Gasteiger partial charge in [0.25, 0.3) is 5.69 Å². The van der Waals surface area contributed by atoms with E-state index in [2.05, 4.69) is 10.3 Å². The number of guanidine groups is 1. The SMILES string of the molecule is I.NC(=NCc1cc([N+](=O)[O-])cc(C(F)(F)F)c1)NC1CCCCC1. The van der Waals surface area contributed by atoms with Gasteiger partial charge in [-0.05, 0) is 24.5 Å². The summed E-state index contributed by atoms with van der Waals surface area (Å²) in [5.41, 5.74) is 4.16. The minimum absolute atomic E-state index is 0. The van der Waals surface area contributed by atoms with Gasteiger partial charge in [0.15, 0.2) is 5.96 Å². The van der Waals surface area contributed by atoms with E-state index in [0.29, 0.717) is 6.07 Å². The molecule has 0 spiro atoms. The van der Waals surface area contributed by atoms with Crippen LogP contribution in [-0.4, -0.2) is 16.9 Å². The number of nitrogens with zero attached hydrogens (tertiary/aromatic N) is 2. The highest BCUT2D eigenvalue weighted by Crippen LogP contribution is 2.32. The van der Waals surface area contributed by atoms with Gasteiger partial charge in [-0.2, -0.15) is 13.2 Å². The van der Waals surface area contributed by atoms with Gasteiger partial charge in [0.2, 0.25) is 0 Å². The van der Waals surface area contributed by atoms with Crippen LogP contribution in [0.1, 0.15) is 43.2 Å². The van der Waals surface area contributed by atoms with Crippen LogP contribution in [0.3, 0.4) is 0 Å². The number of nitro groups is 1. The molecule has 10 heteroatoms. The Bertz CT molecular complexity index is 632. The number of aliphatic imine (C=N–C) groups is 1. The van der Waals surface area contributed by atoms with E-state index in [1.165, 1.54) is 6.42 Å². The fourth-order valence-corrected chi connectivity index (χ4v) is 2.71. The molecule has 0 aromatic heterocycles. The molecule has 140 valence electrons. The lowest BCUT2D eigenvalue weighted by Crippen LogP contribution is -2.41. The van der Waals surface area contributed by atoms with Crippen molar-refractivity contribution in [1.29, 1.82) is 0 Å². The first-order valence-electron chi connectivity index (χ1n) is 7.67. The maximum absolute atomic E-state index is 12.8. The number of hydrogen-bond acceptors (Lipinski definition) is 3. The van der Waals surface area contributed by atoms with Crippen molar-refractivity contribution >= 4 is 35.6 Å². The topological polar surface area (TPSA) is 93.5 Å². The summed E-state index contributed by atoms with van der Waals surface area (Å²) in [6.07, 6.45) is 0.686. The smallest absolute Gasteiger partial charge is 0.370 e. The van der Waals surface area contributed by atoms with E-state index in [-0.39, 0.29) is 48.1 Å². The Hall–Kier alpha value is -1.59. The third-order valence-electron chi connectivity index (χ3n) is 3.90. The van der Waals surface area contributed by atoms with Crippen LogP contribution >= 0.6 is 24.0 Å². The molecule has 0 unspecified atom stereocenters. The Balaban J connectivity index is 0.00000312. The van der Waals surface area contributed by atoms with Gasteiger partial charge in [-0.25, -0.2) is 4.99 Å². The molecule has 1 saturated carbocycles. The van der Waals surface area contributed by atoms with Crippen LogP contribution in [0.5, 0.6) is 0 Å². The summed E-state index contributed by atoms with van der Waals surface area (Å²) < 4.78 is 38.5. The summed E-state index contributed by atoms with van der Waals surface area (Å²) in [5.74, 6) is 0.141. The average Bonchev–Trinajstić information content (AvgIpc) is 2.53. The molecule has 3 N–H and O–H groups in total. The van der Waals surface area contributed by atoms with Crippen LogP contribution < -0.4 is 11.1 Å². The summed E-state index contributed by atoms with van der Waals surface area (Å²) in [6.45, 7) is -0.156. The van der Waals surface area contributed by atoms with Crippen LogP contribution in [0.25, 0.3) is 0 Å². The molecule has 2 rings (SSSR count). The van der Waals surface area contributed by atoms with E-state index < -0.39 is 22.4 Å². The van der Waals surface area contributed by atoms with E-state index in [4.69, 9.17) is 5.73 Å². The highest BCUT2D eigenvalue weighted by Gasteiger charge is 2.32. The van der Waals surface area contributed by atoms with E-state index in [1.807, 2.05) is 0 Å². The molecule has 0 heterocycles. The van der Waals surface area contributed by atoms with Crippen LogP contribution in [0, 0.1) is 10.1 Å². The molecule has 0 bridgehead atoms. The quantitative estimate of drug-likeness (QED) is 0.228. The Labute approximate surface area is 160 Å². The number of rotatable bonds is 4. The molecular weight excluding hydrogens is 452 g/mol. The van der Waals surface area contributed by atoms with Crippen molar-refractivity contribution in [2.45, 2.75) is 50.9 Å². The summed E-state index contributed by atoms with van der Waals surface area (Å²) in [7, 11) is 0. The number of alkyl halides is 3. The molecule has 1 aromatic carbocycles. The number of nitro benzene ring substituents is 1. The lowest BCUT2D eigenvalue weighted by atomic mass is 9.96. The summed E-state index contributed by atoms with van der Waals surface area (Å²) in [6, 6.07) is 2.66. The van der Waals surface area contributed by atoms with E-state index >= 15 is 0 Å². The van der Waals surface area contributed by atoms with E-state index in [0.717, 1.165) is 37.8 Å². The van der Waals surface area contributed by atoms with Gasteiger partial charge in [-0.1, -0.05) is 19.3 Å². The largest absolute Gasteiger partial charge is 0.416 e. The van der Waals surface area contributed by atoms with Gasteiger partial charge in [0.1, 0.15) is 0 Å². The third kappa shape index (κ3) is 6.67. The summed E-state index contributed by atoms with van der Waals surface area (Å²) in [4.78, 5) is 13.9. The molecule has 0 aliphatic heterocycles. The average molecular weight is 472 g/mol. The normalized spacial score (nSPS) is 16.2. The predicted molar refractivity (Wildman–Crippen MR) is 98.8 cm³/mol. The van der Waals surface area contributed by atoms with E-state index in [9.17, 15) is 23.3 Å². The van der Waals surface area contributed by atoms with Crippen LogP contribution in [0.4, 0.5) is 18.9 Å². The maximum Gasteiger partial charge on any atom is 0.416 e. The first kappa shape index (κ1) is 21.5. The molecule has 6 nitrogen and oxygen atoms in total. The summed E-state index contributed by atoms with van der Waals surface area (Å²) in [5, 5.41) is 13.8. The van der Waals surface area contributed by atoms with E-state index in [1.54, 1.807) is 0 Å². The number of halogens is 4. The molecule has 1 aromatic rings. The number of non-ortho nitro benzene ring substituents is 1. The molecule has 0 amide bonds. The van der Waals surface area contributed by atoms with Gasteiger partial charge in [-0.15, -0.1) is 24.0 Å². The Morgan fingerprint density at radius 3 is 2.48 bits per heavy atom. The molecular formula is C15H20F3IN4O2. The third-order valence-corrected chi connectivity index (χ3v) is 3.90. The van der Waals surface area contributed by atoms with Gasteiger partial charge in [0, 0.05) is 18.2 Å². The second-order valence-corrected chi connectivity index (χ2v) is 5.82. The minimum atomic E-state index is -4.66. The van der Waals surface area contributed by atoms with Gasteiger partial charge >= 0.3 is 6.18 Å². The Morgan fingerprint density at radius 1 is 1.28 bits per heavy atom. The molecule has 1 fully saturated rings. The molecule has 1 aliphatic carbocycles. The molecule has 0 saturated heterocycles. The standard InChI is InChI=1S/C15H19F3N4O2.HI/c16-15(17,18)11-6-10(7-13(8-11)22(23)24)9-20-14(19)21-12-4-2-1-3-5-12;/h6-8,12H,1-5,9H2,(H3,19,20,21);1H. The molecule has 0 radical (unpaired) electrons. The molecule has 25 heavy (non-hydrogen) atoms. The maximum atomic E-state index is 12.8. The van der Waals surface area contributed by atoms with Crippen molar-refractivity contribution in [2.24, 2.45) is 10.7 Å². The zero-order chi connectivity index (χ0) is 17.7. The highest BCUT2D eigenvalue weighted by molar-refractivity contribution is 14.0. The number of hydrogen-bond donors (Lipinski definition) is 2. The van der Waals surface area contributed by atoms with Gasteiger partial charge in [-0.3, -0.25) is 10.1 Å². The fraction of sp³-hybridized carbons (Fsp3) is 0.533. The minimum Gasteiger partial charge on any atom is -0.370 e. The monoisotopic (exact) mass is 472 g/mol. The zero-order valence-electron chi connectivity index (χ0n) is 13.4. The lowest BCUT2D eigenvalue weighted by Gasteiger charge is -2.23. The lowest BCUT2D eigenvalue weighted by molar-refractivity contribution is -0.385. The zero-order valence-corrected chi connectivity index (χ0v) is 15.7. The Morgan fingerprint density at radius 2 is 1.92 bits per heavy atom. The first-order valence-corrected chi connectivity index (χ1v) is 7.67. The van der Waals surface area contributed by atoms with Gasteiger partial charge < -0.3 is 11.1 Å². The Kier molecular flexibility index (Phi) is 7.90. The van der Waals surface area contributed by atoms with Crippen molar-refractivity contribution in [3.63, 3.8) is 0 Å². The van der Waals surface area contributed by atoms with Crippen LogP contribution in [0.2, 0.25) is 0 Å². The molecule has 1 aliphatic rings. The second kappa shape index (κ2) is 9.20. The highest BCUT2D eigenvalue weighted by atomic mass is 127. The number of benzene rings is 1. The first-order chi connectivity index (χ1) is 11.3. The van der Waals surface area contributed by atoms with Gasteiger partial charge in [0.05, 0.1) is 17.0 Å². The predicted octanol–water partition coefficient (Wildman–Crippen LogP) is 3.97. The van der Waals surface area contributed by atoms with Crippen molar-refractivity contribution in [2.75, 3.05) is 0 Å². The van der Waals surface area contributed by atoms with Crippen LogP contribution in [0.15, 0.2) is 23.2 Å². The second-order valence-electron chi connectivity index (χ2n) is 5.82. The fourth-order valence-electron chi connectivity index (χ4n) is 2.71. The van der Waals surface area contributed by atoms with Crippen molar-refractivity contribution in [3.05, 3.63) is 39.4 Å². The van der Waals surface area contributed by atoms with Crippen molar-refractivity contribution in [1.82, 2.24) is 5.32 Å².